The molecule has 0 bridgehead atoms. The molecule has 0 aromatic carbocycles. The first-order valence-corrected chi connectivity index (χ1v) is 7.07. The van der Waals surface area contributed by atoms with E-state index < -0.39 is 0 Å². The molecule has 0 radical (unpaired) electrons. The van der Waals surface area contributed by atoms with Crippen LogP contribution in [0, 0.1) is 11.8 Å². The molecule has 19 heavy (non-hydrogen) atoms. The van der Waals surface area contributed by atoms with E-state index in [1.165, 1.54) is 13.5 Å². The van der Waals surface area contributed by atoms with Crippen LogP contribution in [0.5, 0.6) is 0 Å². The van der Waals surface area contributed by atoms with Gasteiger partial charge in [-0.15, -0.1) is 6.58 Å². The third kappa shape index (κ3) is 4.69. The summed E-state index contributed by atoms with van der Waals surface area (Å²) < 4.78 is 4.71. The van der Waals surface area contributed by atoms with Gasteiger partial charge in [0.25, 0.3) is 0 Å². The first-order valence-electron chi connectivity index (χ1n) is 7.07. The van der Waals surface area contributed by atoms with Crippen LogP contribution in [-0.2, 0) is 14.3 Å². The van der Waals surface area contributed by atoms with E-state index in [1.54, 1.807) is 17.9 Å². The number of carbonyl (C=O) groups excluding carboxylic acids is 2. The number of rotatable bonds is 6. The average Bonchev–Trinajstić information content (AvgIpc) is 2.45. The Hall–Kier alpha value is -1.32. The Morgan fingerprint density at radius 2 is 2.00 bits per heavy atom. The number of ether oxygens (including phenoxy) is 1. The molecule has 1 unspecified atom stereocenters. The number of hydrogen-bond donors (Lipinski definition) is 0. The van der Waals surface area contributed by atoms with E-state index in [4.69, 9.17) is 4.74 Å². The van der Waals surface area contributed by atoms with Crippen LogP contribution < -0.4 is 0 Å². The molecule has 0 spiro atoms. The fourth-order valence-electron chi connectivity index (χ4n) is 2.62. The SMILES string of the molecule is C=CCN(CC(C)C(=O)OC)C(=O)C1CCCCC1. The highest BCUT2D eigenvalue weighted by molar-refractivity contribution is 5.80. The Morgan fingerprint density at radius 1 is 1.37 bits per heavy atom. The Morgan fingerprint density at radius 3 is 2.53 bits per heavy atom. The van der Waals surface area contributed by atoms with Gasteiger partial charge in [-0.2, -0.15) is 0 Å². The number of carbonyl (C=O) groups is 2. The Bertz CT molecular complexity index is 321. The van der Waals surface area contributed by atoms with Gasteiger partial charge in [-0.1, -0.05) is 32.3 Å². The summed E-state index contributed by atoms with van der Waals surface area (Å²) in [5.41, 5.74) is 0. The Labute approximate surface area is 115 Å². The topological polar surface area (TPSA) is 46.6 Å². The quantitative estimate of drug-likeness (QED) is 0.548. The van der Waals surface area contributed by atoms with Crippen LogP contribution in [0.3, 0.4) is 0 Å². The predicted octanol–water partition coefficient (Wildman–Crippen LogP) is 2.39. The Kier molecular flexibility index (Phi) is 6.60. The van der Waals surface area contributed by atoms with E-state index in [0.717, 1.165) is 25.7 Å². The number of methoxy groups -OCH3 is 1. The van der Waals surface area contributed by atoms with Crippen LogP contribution in [0.15, 0.2) is 12.7 Å². The molecule has 0 N–H and O–H groups in total. The number of amides is 1. The number of hydrogen-bond acceptors (Lipinski definition) is 3. The predicted molar refractivity (Wildman–Crippen MR) is 74.5 cm³/mol. The molecule has 0 aromatic heterocycles. The van der Waals surface area contributed by atoms with Gasteiger partial charge >= 0.3 is 5.97 Å². The van der Waals surface area contributed by atoms with Crippen molar-refractivity contribution in [3.8, 4) is 0 Å². The minimum Gasteiger partial charge on any atom is -0.469 e. The van der Waals surface area contributed by atoms with E-state index in [1.807, 2.05) is 0 Å². The number of esters is 1. The van der Waals surface area contributed by atoms with Crippen molar-refractivity contribution in [2.75, 3.05) is 20.2 Å². The molecule has 1 aliphatic rings. The van der Waals surface area contributed by atoms with Crippen molar-refractivity contribution in [1.29, 1.82) is 0 Å². The van der Waals surface area contributed by atoms with E-state index >= 15 is 0 Å². The minimum atomic E-state index is -0.294. The van der Waals surface area contributed by atoms with Gasteiger partial charge in [-0.05, 0) is 12.8 Å². The highest BCUT2D eigenvalue weighted by Crippen LogP contribution is 2.25. The van der Waals surface area contributed by atoms with Gasteiger partial charge in [-0.3, -0.25) is 9.59 Å². The number of nitrogens with zero attached hydrogens (tertiary/aromatic N) is 1. The van der Waals surface area contributed by atoms with Gasteiger partial charge in [0.05, 0.1) is 13.0 Å². The lowest BCUT2D eigenvalue weighted by atomic mass is 9.88. The summed E-state index contributed by atoms with van der Waals surface area (Å²) in [5.74, 6) is -0.281. The fraction of sp³-hybridized carbons (Fsp3) is 0.733. The molecule has 1 rings (SSSR count). The maximum atomic E-state index is 12.5. The molecule has 1 atom stereocenters. The minimum absolute atomic E-state index is 0.124. The van der Waals surface area contributed by atoms with Crippen molar-refractivity contribution in [3.63, 3.8) is 0 Å². The molecule has 0 heterocycles. The molecule has 4 nitrogen and oxygen atoms in total. The zero-order valence-electron chi connectivity index (χ0n) is 12.1. The normalized spacial score (nSPS) is 17.6. The lowest BCUT2D eigenvalue weighted by Gasteiger charge is -2.29. The van der Waals surface area contributed by atoms with E-state index in [0.29, 0.717) is 13.1 Å². The van der Waals surface area contributed by atoms with Crippen molar-refractivity contribution in [3.05, 3.63) is 12.7 Å². The molecule has 0 saturated heterocycles. The smallest absolute Gasteiger partial charge is 0.310 e. The summed E-state index contributed by atoms with van der Waals surface area (Å²) in [6, 6.07) is 0. The zero-order valence-corrected chi connectivity index (χ0v) is 12.1. The van der Waals surface area contributed by atoms with Gasteiger partial charge < -0.3 is 9.64 Å². The van der Waals surface area contributed by atoms with Gasteiger partial charge in [0.1, 0.15) is 0 Å². The van der Waals surface area contributed by atoms with Crippen LogP contribution in [0.4, 0.5) is 0 Å². The highest BCUT2D eigenvalue weighted by atomic mass is 16.5. The summed E-state index contributed by atoms with van der Waals surface area (Å²) in [7, 11) is 1.37. The first kappa shape index (κ1) is 15.7. The van der Waals surface area contributed by atoms with Crippen molar-refractivity contribution in [2.24, 2.45) is 11.8 Å². The Balaban J connectivity index is 2.61. The molecule has 108 valence electrons. The third-order valence-electron chi connectivity index (χ3n) is 3.71. The van der Waals surface area contributed by atoms with Gasteiger partial charge in [0.2, 0.25) is 5.91 Å². The molecule has 4 heteroatoms. The van der Waals surface area contributed by atoms with Crippen molar-refractivity contribution >= 4 is 11.9 Å². The second-order valence-corrected chi connectivity index (χ2v) is 5.29. The van der Waals surface area contributed by atoms with E-state index in [9.17, 15) is 9.59 Å². The first-order chi connectivity index (χ1) is 9.10. The molecular formula is C15H25NO3. The molecule has 1 fully saturated rings. The molecule has 1 amide bonds. The monoisotopic (exact) mass is 267 g/mol. The standard InChI is InChI=1S/C15H25NO3/c1-4-10-16(11-12(2)15(18)19-3)14(17)13-8-6-5-7-9-13/h4,12-13H,1,5-11H2,2-3H3. The zero-order chi connectivity index (χ0) is 14.3. The lowest BCUT2D eigenvalue weighted by Crippen LogP contribution is -2.41. The summed E-state index contributed by atoms with van der Waals surface area (Å²) in [6.07, 6.45) is 7.14. The van der Waals surface area contributed by atoms with Crippen molar-refractivity contribution in [2.45, 2.75) is 39.0 Å². The second kappa shape index (κ2) is 7.97. The van der Waals surface area contributed by atoms with Crippen LogP contribution in [0.25, 0.3) is 0 Å². The molecular weight excluding hydrogens is 242 g/mol. The van der Waals surface area contributed by atoms with Crippen molar-refractivity contribution in [1.82, 2.24) is 4.90 Å². The molecule has 1 aliphatic carbocycles. The third-order valence-corrected chi connectivity index (χ3v) is 3.71. The maximum Gasteiger partial charge on any atom is 0.310 e. The summed E-state index contributed by atoms with van der Waals surface area (Å²) >= 11 is 0. The van der Waals surface area contributed by atoms with Crippen molar-refractivity contribution < 1.29 is 14.3 Å². The maximum absolute atomic E-state index is 12.5. The van der Waals surface area contributed by atoms with E-state index in [2.05, 4.69) is 6.58 Å². The van der Waals surface area contributed by atoms with Gasteiger partial charge in [0.15, 0.2) is 0 Å². The van der Waals surface area contributed by atoms with Crippen LogP contribution in [0.2, 0.25) is 0 Å². The largest absolute Gasteiger partial charge is 0.469 e. The van der Waals surface area contributed by atoms with E-state index in [-0.39, 0.29) is 23.7 Å². The molecule has 1 saturated carbocycles. The fourth-order valence-corrected chi connectivity index (χ4v) is 2.62. The average molecular weight is 267 g/mol. The molecule has 0 aliphatic heterocycles. The van der Waals surface area contributed by atoms with Gasteiger partial charge in [-0.25, -0.2) is 0 Å². The summed E-state index contributed by atoms with van der Waals surface area (Å²) in [4.78, 5) is 25.7. The molecule has 0 aromatic rings. The van der Waals surface area contributed by atoms with Crippen LogP contribution in [0.1, 0.15) is 39.0 Å². The van der Waals surface area contributed by atoms with Crippen LogP contribution >= 0.6 is 0 Å². The van der Waals surface area contributed by atoms with Gasteiger partial charge in [0, 0.05) is 19.0 Å². The summed E-state index contributed by atoms with van der Waals surface area (Å²) in [6.45, 7) is 6.39. The summed E-state index contributed by atoms with van der Waals surface area (Å²) in [5, 5.41) is 0. The lowest BCUT2D eigenvalue weighted by molar-refractivity contribution is -0.147. The second-order valence-electron chi connectivity index (χ2n) is 5.29. The highest BCUT2D eigenvalue weighted by Gasteiger charge is 2.27. The van der Waals surface area contributed by atoms with Crippen LogP contribution in [-0.4, -0.2) is 37.0 Å².